The first kappa shape index (κ1) is 20.1. The maximum Gasteiger partial charge on any atom is 0.237 e. The van der Waals surface area contributed by atoms with E-state index in [-0.39, 0.29) is 16.7 Å². The van der Waals surface area contributed by atoms with Crippen molar-refractivity contribution < 1.29 is 9.18 Å². The average molecular weight is 434 g/mol. The molecule has 0 aliphatic heterocycles. The van der Waals surface area contributed by atoms with E-state index in [0.717, 1.165) is 0 Å². The van der Waals surface area contributed by atoms with Gasteiger partial charge >= 0.3 is 0 Å². The zero-order valence-corrected chi connectivity index (χ0v) is 16.8. The number of nitrogens with one attached hydrogen (secondary N) is 2. The molecule has 10 heteroatoms. The summed E-state index contributed by atoms with van der Waals surface area (Å²) in [5.41, 5.74) is 1.55. The van der Waals surface area contributed by atoms with Gasteiger partial charge in [0.25, 0.3) is 0 Å². The number of thioether (sulfide) groups is 1. The highest BCUT2D eigenvalue weighted by atomic mass is 35.5. The number of nitriles is 1. The zero-order chi connectivity index (χ0) is 20.1. The topological polar surface area (TPSA) is 90.7 Å². The van der Waals surface area contributed by atoms with Gasteiger partial charge in [-0.1, -0.05) is 34.7 Å². The predicted octanol–water partition coefficient (Wildman–Crippen LogP) is 5.07. The summed E-state index contributed by atoms with van der Waals surface area (Å²) >= 11 is 8.53. The van der Waals surface area contributed by atoms with Crippen molar-refractivity contribution in [1.29, 1.82) is 5.26 Å². The van der Waals surface area contributed by atoms with E-state index in [2.05, 4.69) is 20.8 Å². The van der Waals surface area contributed by atoms with Gasteiger partial charge in [0.15, 0.2) is 4.34 Å². The van der Waals surface area contributed by atoms with Crippen molar-refractivity contribution in [2.75, 3.05) is 10.6 Å². The Morgan fingerprint density at radius 2 is 1.96 bits per heavy atom. The van der Waals surface area contributed by atoms with E-state index in [1.54, 1.807) is 31.2 Å². The second-order valence-electron chi connectivity index (χ2n) is 5.56. The minimum absolute atomic E-state index is 0.228. The summed E-state index contributed by atoms with van der Waals surface area (Å²) in [4.78, 5) is 12.4. The van der Waals surface area contributed by atoms with Gasteiger partial charge in [0.05, 0.1) is 15.8 Å². The minimum Gasteiger partial charge on any atom is -0.330 e. The Labute approximate surface area is 173 Å². The molecule has 0 saturated heterocycles. The van der Waals surface area contributed by atoms with Crippen LogP contribution in [0.2, 0.25) is 5.02 Å². The summed E-state index contributed by atoms with van der Waals surface area (Å²) < 4.78 is 13.6. The third-order valence-electron chi connectivity index (χ3n) is 3.51. The monoisotopic (exact) mass is 433 g/mol. The molecule has 0 aliphatic rings. The summed E-state index contributed by atoms with van der Waals surface area (Å²) in [6.45, 7) is 1.75. The molecule has 0 saturated carbocycles. The van der Waals surface area contributed by atoms with E-state index in [1.807, 2.05) is 6.07 Å². The van der Waals surface area contributed by atoms with Crippen molar-refractivity contribution >= 4 is 57.1 Å². The number of benzene rings is 2. The Morgan fingerprint density at radius 1 is 1.25 bits per heavy atom. The lowest BCUT2D eigenvalue weighted by molar-refractivity contribution is -0.115. The summed E-state index contributed by atoms with van der Waals surface area (Å²) in [7, 11) is 0. The predicted molar refractivity (Wildman–Crippen MR) is 110 cm³/mol. The molecule has 3 aromatic rings. The van der Waals surface area contributed by atoms with Crippen LogP contribution >= 0.6 is 34.7 Å². The molecule has 0 fully saturated rings. The van der Waals surface area contributed by atoms with Crippen LogP contribution in [0.15, 0.2) is 46.8 Å². The molecule has 6 nitrogen and oxygen atoms in total. The van der Waals surface area contributed by atoms with Crippen molar-refractivity contribution in [2.45, 2.75) is 16.5 Å². The molecule has 1 heterocycles. The molecular weight excluding hydrogens is 421 g/mol. The third kappa shape index (κ3) is 5.19. The molecule has 1 atom stereocenters. The largest absolute Gasteiger partial charge is 0.330 e. The Morgan fingerprint density at radius 3 is 2.64 bits per heavy atom. The number of aromatic nitrogens is 2. The highest BCUT2D eigenvalue weighted by Crippen LogP contribution is 2.31. The maximum atomic E-state index is 12.9. The van der Waals surface area contributed by atoms with E-state index in [9.17, 15) is 9.18 Å². The fourth-order valence-electron chi connectivity index (χ4n) is 2.10. The highest BCUT2D eigenvalue weighted by Gasteiger charge is 2.18. The summed E-state index contributed by atoms with van der Waals surface area (Å²) in [6, 6.07) is 12.6. The summed E-state index contributed by atoms with van der Waals surface area (Å²) in [5.74, 6) is -0.545. The Bertz CT molecular complexity index is 1040. The van der Waals surface area contributed by atoms with Crippen LogP contribution in [0.25, 0.3) is 0 Å². The van der Waals surface area contributed by atoms with Crippen LogP contribution in [0.3, 0.4) is 0 Å². The fraction of sp³-hybridized carbons (Fsp3) is 0.111. The molecule has 2 aromatic carbocycles. The second-order valence-corrected chi connectivity index (χ2v) is 8.53. The SMILES string of the molecule is CC(Sc1nnc(Nc2ccc(F)cc2)s1)C(=O)Nc1ccc(C#N)c(Cl)c1. The van der Waals surface area contributed by atoms with Crippen LogP contribution in [-0.4, -0.2) is 21.4 Å². The van der Waals surface area contributed by atoms with Crippen molar-refractivity contribution in [1.82, 2.24) is 10.2 Å². The quantitative estimate of drug-likeness (QED) is 0.527. The smallest absolute Gasteiger partial charge is 0.237 e. The van der Waals surface area contributed by atoms with Gasteiger partial charge in [-0.2, -0.15) is 5.26 Å². The molecule has 1 aromatic heterocycles. The van der Waals surface area contributed by atoms with Crippen LogP contribution in [0.5, 0.6) is 0 Å². The molecule has 0 spiro atoms. The number of rotatable bonds is 6. The normalized spacial score (nSPS) is 11.5. The van der Waals surface area contributed by atoms with Crippen LogP contribution < -0.4 is 10.6 Å². The number of carbonyl (C=O) groups is 1. The lowest BCUT2D eigenvalue weighted by atomic mass is 10.2. The standard InChI is InChI=1S/C18H13ClFN5OS2/c1-10(16(26)22-14-5-2-11(9-21)15(19)8-14)27-18-25-24-17(28-18)23-13-6-3-12(20)4-7-13/h2-8,10H,1H3,(H,22,26)(H,23,24). The molecule has 0 radical (unpaired) electrons. The van der Waals surface area contributed by atoms with Gasteiger partial charge in [0.1, 0.15) is 11.9 Å². The van der Waals surface area contributed by atoms with Gasteiger partial charge < -0.3 is 10.6 Å². The van der Waals surface area contributed by atoms with Gasteiger partial charge in [-0.3, -0.25) is 4.79 Å². The lowest BCUT2D eigenvalue weighted by Gasteiger charge is -2.10. The first-order valence-electron chi connectivity index (χ1n) is 7.98. The zero-order valence-electron chi connectivity index (χ0n) is 14.4. The van der Waals surface area contributed by atoms with Crippen molar-refractivity contribution in [3.8, 4) is 6.07 Å². The van der Waals surface area contributed by atoms with E-state index in [0.29, 0.717) is 26.4 Å². The Kier molecular flexibility index (Phi) is 6.46. The summed E-state index contributed by atoms with van der Waals surface area (Å²) in [5, 5.41) is 23.2. The number of halogens is 2. The van der Waals surface area contributed by atoms with E-state index < -0.39 is 5.25 Å². The number of hydrogen-bond donors (Lipinski definition) is 2. The molecule has 1 amide bonds. The summed E-state index contributed by atoms with van der Waals surface area (Å²) in [6.07, 6.45) is 0. The number of amides is 1. The lowest BCUT2D eigenvalue weighted by Crippen LogP contribution is -2.22. The van der Waals surface area contributed by atoms with E-state index >= 15 is 0 Å². The van der Waals surface area contributed by atoms with Crippen LogP contribution in [0, 0.1) is 17.1 Å². The molecule has 0 bridgehead atoms. The van der Waals surface area contributed by atoms with Crippen LogP contribution in [-0.2, 0) is 4.79 Å². The molecule has 2 N–H and O–H groups in total. The first-order valence-corrected chi connectivity index (χ1v) is 10.1. The molecule has 28 heavy (non-hydrogen) atoms. The number of nitrogens with zero attached hydrogens (tertiary/aromatic N) is 3. The van der Waals surface area contributed by atoms with Crippen LogP contribution in [0.4, 0.5) is 20.9 Å². The average Bonchev–Trinajstić information content (AvgIpc) is 3.10. The second kappa shape index (κ2) is 9.01. The molecule has 142 valence electrons. The fourth-order valence-corrected chi connectivity index (χ4v) is 4.24. The van der Waals surface area contributed by atoms with Gasteiger partial charge in [-0.25, -0.2) is 4.39 Å². The molecule has 0 aliphatic carbocycles. The van der Waals surface area contributed by atoms with E-state index in [4.69, 9.17) is 16.9 Å². The number of carbonyl (C=O) groups excluding carboxylic acids is 1. The first-order chi connectivity index (χ1) is 13.4. The molecule has 1 unspecified atom stereocenters. The van der Waals surface area contributed by atoms with E-state index in [1.165, 1.54) is 41.3 Å². The Hall–Kier alpha value is -2.67. The highest BCUT2D eigenvalue weighted by molar-refractivity contribution is 8.02. The molecule has 3 rings (SSSR count). The number of hydrogen-bond acceptors (Lipinski definition) is 7. The van der Waals surface area contributed by atoms with Gasteiger partial charge in [0.2, 0.25) is 11.0 Å². The van der Waals surface area contributed by atoms with Crippen LogP contribution in [0.1, 0.15) is 12.5 Å². The number of anilines is 3. The van der Waals surface area contributed by atoms with Gasteiger partial charge in [-0.15, -0.1) is 10.2 Å². The van der Waals surface area contributed by atoms with Gasteiger partial charge in [-0.05, 0) is 49.4 Å². The Balaban J connectivity index is 1.58. The van der Waals surface area contributed by atoms with Crippen molar-refractivity contribution in [3.63, 3.8) is 0 Å². The maximum absolute atomic E-state index is 12.9. The minimum atomic E-state index is -0.430. The van der Waals surface area contributed by atoms with Crippen molar-refractivity contribution in [2.24, 2.45) is 0 Å². The third-order valence-corrected chi connectivity index (χ3v) is 5.84. The van der Waals surface area contributed by atoms with Gasteiger partial charge in [0, 0.05) is 11.4 Å². The molecular formula is C18H13ClFN5OS2. The van der Waals surface area contributed by atoms with Crippen molar-refractivity contribution in [3.05, 3.63) is 58.9 Å².